The maximum atomic E-state index is 12.7. The van der Waals surface area contributed by atoms with E-state index in [9.17, 15) is 10.1 Å². The molecule has 2 aromatic heterocycles. The van der Waals surface area contributed by atoms with Crippen LogP contribution in [-0.4, -0.2) is 27.5 Å². The third-order valence-corrected chi connectivity index (χ3v) is 6.45. The van der Waals surface area contributed by atoms with E-state index in [1.807, 2.05) is 0 Å². The van der Waals surface area contributed by atoms with Crippen molar-refractivity contribution in [2.24, 2.45) is 0 Å². The summed E-state index contributed by atoms with van der Waals surface area (Å²) in [4.78, 5) is 19.6. The maximum Gasteiger partial charge on any atom is 0.299 e. The summed E-state index contributed by atoms with van der Waals surface area (Å²) in [7, 11) is 0. The molecular weight excluding hydrogens is 438 g/mol. The van der Waals surface area contributed by atoms with Gasteiger partial charge in [0.05, 0.1) is 17.4 Å². The van der Waals surface area contributed by atoms with E-state index in [0.29, 0.717) is 28.6 Å². The average molecular weight is 466 g/mol. The van der Waals surface area contributed by atoms with Crippen molar-refractivity contribution in [3.63, 3.8) is 0 Å². The van der Waals surface area contributed by atoms with Gasteiger partial charge in [-0.25, -0.2) is 4.98 Å². The van der Waals surface area contributed by atoms with Crippen molar-refractivity contribution in [3.8, 4) is 23.1 Å². The first-order chi connectivity index (χ1) is 17.0. The first-order valence-corrected chi connectivity index (χ1v) is 11.8. The van der Waals surface area contributed by atoms with Gasteiger partial charge in [0, 0.05) is 29.6 Å². The number of aromatic nitrogens is 2. The van der Waals surface area contributed by atoms with E-state index in [4.69, 9.17) is 4.42 Å². The molecule has 1 aliphatic rings. The van der Waals surface area contributed by atoms with Crippen molar-refractivity contribution in [1.29, 1.82) is 5.26 Å². The summed E-state index contributed by atoms with van der Waals surface area (Å²) in [5.41, 5.74) is 5.41. The molecule has 5 rings (SSSR count). The number of aryl methyl sites for hydroxylation is 2. The molecular formula is C28H27N5O2. The van der Waals surface area contributed by atoms with Crippen molar-refractivity contribution in [2.75, 3.05) is 18.4 Å². The lowest BCUT2D eigenvalue weighted by Gasteiger charge is -2.16. The highest BCUT2D eigenvalue weighted by molar-refractivity contribution is 5.66. The van der Waals surface area contributed by atoms with Crippen LogP contribution in [0.25, 0.3) is 17.0 Å². The summed E-state index contributed by atoms with van der Waals surface area (Å²) in [5, 5.41) is 12.9. The lowest BCUT2D eigenvalue weighted by Crippen LogP contribution is -2.20. The van der Waals surface area contributed by atoms with Gasteiger partial charge in [-0.1, -0.05) is 18.2 Å². The van der Waals surface area contributed by atoms with Crippen LogP contribution >= 0.6 is 0 Å². The van der Waals surface area contributed by atoms with Crippen LogP contribution in [0.5, 0.6) is 0 Å². The summed E-state index contributed by atoms with van der Waals surface area (Å²) in [5.74, 6) is 0.546. The molecule has 7 nitrogen and oxygen atoms in total. The molecule has 1 saturated heterocycles. The molecule has 176 valence electrons. The van der Waals surface area contributed by atoms with Gasteiger partial charge < -0.3 is 9.73 Å². The normalized spacial score (nSPS) is 13.6. The second kappa shape index (κ2) is 9.61. The Morgan fingerprint density at radius 3 is 2.71 bits per heavy atom. The number of nitriles is 1. The molecule has 1 aliphatic heterocycles. The Hall–Kier alpha value is -4.15. The van der Waals surface area contributed by atoms with Crippen molar-refractivity contribution >= 4 is 11.7 Å². The van der Waals surface area contributed by atoms with Crippen LogP contribution in [0.3, 0.4) is 0 Å². The van der Waals surface area contributed by atoms with E-state index in [-0.39, 0.29) is 5.56 Å². The fourth-order valence-electron chi connectivity index (χ4n) is 4.45. The summed E-state index contributed by atoms with van der Waals surface area (Å²) < 4.78 is 7.51. The summed E-state index contributed by atoms with van der Waals surface area (Å²) in [6.45, 7) is 7.06. The van der Waals surface area contributed by atoms with Crippen molar-refractivity contribution in [1.82, 2.24) is 14.5 Å². The molecule has 0 spiro atoms. The Bertz CT molecular complexity index is 1470. The summed E-state index contributed by atoms with van der Waals surface area (Å²) in [6, 6.07) is 17.8. The number of benzene rings is 2. The highest BCUT2D eigenvalue weighted by Gasteiger charge is 2.15. The summed E-state index contributed by atoms with van der Waals surface area (Å²) >= 11 is 0. The van der Waals surface area contributed by atoms with Crippen molar-refractivity contribution in [2.45, 2.75) is 33.2 Å². The van der Waals surface area contributed by atoms with Gasteiger partial charge in [0.2, 0.25) is 0 Å². The number of nitrogens with one attached hydrogen (secondary N) is 1. The Labute approximate surface area is 204 Å². The minimum absolute atomic E-state index is 0.162. The number of pyridine rings is 1. The Morgan fingerprint density at radius 1 is 1.09 bits per heavy atom. The molecule has 0 atom stereocenters. The number of hydrogen-bond donors (Lipinski definition) is 1. The van der Waals surface area contributed by atoms with E-state index < -0.39 is 0 Å². The molecule has 2 aromatic carbocycles. The van der Waals surface area contributed by atoms with Crippen LogP contribution in [0, 0.1) is 25.2 Å². The van der Waals surface area contributed by atoms with Crippen LogP contribution in [0.4, 0.5) is 11.7 Å². The first-order valence-electron chi connectivity index (χ1n) is 11.8. The topological polar surface area (TPSA) is 87.1 Å². The standard InChI is InChI=1S/C28H27N5O2/c1-19-7-8-21(18-32-11-3-4-12-32)14-24(19)31-28-30-17-26(35-28)22-9-10-23(16-29)25(15-22)33-13-5-6-20(2)27(33)34/h5-10,13-15,17H,3-4,11-12,18H2,1-2H3,(H,30,31). The molecule has 7 heteroatoms. The molecule has 1 N–H and O–H groups in total. The number of likely N-dealkylation sites (tertiary alicyclic amines) is 1. The molecule has 1 fully saturated rings. The highest BCUT2D eigenvalue weighted by Crippen LogP contribution is 2.29. The molecule has 0 amide bonds. The lowest BCUT2D eigenvalue weighted by molar-refractivity contribution is 0.331. The smallest absolute Gasteiger partial charge is 0.299 e. The van der Waals surface area contributed by atoms with Crippen molar-refractivity contribution < 1.29 is 4.42 Å². The van der Waals surface area contributed by atoms with Gasteiger partial charge >= 0.3 is 0 Å². The van der Waals surface area contributed by atoms with Crippen molar-refractivity contribution in [3.05, 3.63) is 93.5 Å². The van der Waals surface area contributed by atoms with Crippen LogP contribution in [0.15, 0.2) is 70.1 Å². The molecule has 0 aliphatic carbocycles. The maximum absolute atomic E-state index is 12.7. The number of oxazole rings is 1. The predicted octanol–water partition coefficient (Wildman–Crippen LogP) is 5.32. The van der Waals surface area contributed by atoms with Gasteiger partial charge in [0.15, 0.2) is 5.76 Å². The molecule has 0 saturated carbocycles. The van der Waals surface area contributed by atoms with Crippen LogP contribution in [-0.2, 0) is 6.54 Å². The fourth-order valence-corrected chi connectivity index (χ4v) is 4.45. The molecule has 0 radical (unpaired) electrons. The Balaban J connectivity index is 1.42. The number of hydrogen-bond acceptors (Lipinski definition) is 6. The average Bonchev–Trinajstić information content (AvgIpc) is 3.55. The third kappa shape index (κ3) is 4.75. The quantitative estimate of drug-likeness (QED) is 0.415. The van der Waals surface area contributed by atoms with Gasteiger partial charge in [0.1, 0.15) is 6.07 Å². The fraction of sp³-hybridized carbons (Fsp3) is 0.250. The van der Waals surface area contributed by atoms with Crippen LogP contribution in [0.1, 0.15) is 35.1 Å². The second-order valence-electron chi connectivity index (χ2n) is 9.00. The predicted molar refractivity (Wildman–Crippen MR) is 136 cm³/mol. The van der Waals surface area contributed by atoms with E-state index in [1.54, 1.807) is 49.6 Å². The van der Waals surface area contributed by atoms with Crippen LogP contribution < -0.4 is 10.9 Å². The van der Waals surface area contributed by atoms with Gasteiger partial charge in [-0.05, 0) is 81.2 Å². The minimum Gasteiger partial charge on any atom is -0.423 e. The zero-order valence-corrected chi connectivity index (χ0v) is 19.9. The SMILES string of the molecule is Cc1ccc(CN2CCCC2)cc1Nc1ncc(-c2ccc(C#N)c(-n3cccc(C)c3=O)c2)o1. The van der Waals surface area contributed by atoms with E-state index in [2.05, 4.69) is 46.4 Å². The molecule has 0 unspecified atom stereocenters. The Kier molecular flexibility index (Phi) is 6.21. The van der Waals surface area contributed by atoms with Gasteiger partial charge in [-0.3, -0.25) is 14.3 Å². The first kappa shape index (κ1) is 22.6. The number of nitrogens with zero attached hydrogens (tertiary/aromatic N) is 4. The van der Waals surface area contributed by atoms with E-state index in [0.717, 1.165) is 36.4 Å². The van der Waals surface area contributed by atoms with Gasteiger partial charge in [-0.15, -0.1) is 0 Å². The van der Waals surface area contributed by atoms with E-state index in [1.165, 1.54) is 23.0 Å². The third-order valence-electron chi connectivity index (χ3n) is 6.45. The lowest BCUT2D eigenvalue weighted by atomic mass is 10.1. The molecule has 35 heavy (non-hydrogen) atoms. The molecule has 4 aromatic rings. The number of rotatable bonds is 6. The van der Waals surface area contributed by atoms with Gasteiger partial charge in [-0.2, -0.15) is 5.26 Å². The second-order valence-corrected chi connectivity index (χ2v) is 9.00. The number of anilines is 2. The zero-order valence-electron chi connectivity index (χ0n) is 19.9. The highest BCUT2D eigenvalue weighted by atomic mass is 16.4. The largest absolute Gasteiger partial charge is 0.423 e. The molecule has 0 bridgehead atoms. The zero-order chi connectivity index (χ0) is 24.4. The van der Waals surface area contributed by atoms with E-state index >= 15 is 0 Å². The minimum atomic E-state index is -0.162. The Morgan fingerprint density at radius 2 is 1.91 bits per heavy atom. The summed E-state index contributed by atoms with van der Waals surface area (Å²) in [6.07, 6.45) is 5.85. The van der Waals surface area contributed by atoms with Gasteiger partial charge in [0.25, 0.3) is 11.6 Å². The van der Waals surface area contributed by atoms with Crippen LogP contribution in [0.2, 0.25) is 0 Å². The molecule has 3 heterocycles. The monoisotopic (exact) mass is 465 g/mol.